The van der Waals surface area contributed by atoms with Gasteiger partial charge in [-0.3, -0.25) is 5.41 Å². The summed E-state index contributed by atoms with van der Waals surface area (Å²) in [6.07, 6.45) is 3.76. The third kappa shape index (κ3) is 5.02. The Hall–Kier alpha value is -2.82. The summed E-state index contributed by atoms with van der Waals surface area (Å²) in [6.45, 7) is 4.85. The maximum atomic E-state index is 12.2. The summed E-state index contributed by atoms with van der Waals surface area (Å²) >= 11 is 0. The Balaban J connectivity index is 2.03. The van der Waals surface area contributed by atoms with E-state index < -0.39 is 11.0 Å². The molecule has 5 N–H and O–H groups in total. The average Bonchev–Trinajstić information content (AvgIpc) is 2.74. The molecule has 9 nitrogen and oxygen atoms in total. The van der Waals surface area contributed by atoms with Crippen molar-refractivity contribution in [1.29, 1.82) is 5.41 Å². The van der Waals surface area contributed by atoms with Crippen molar-refractivity contribution in [3.63, 3.8) is 0 Å². The van der Waals surface area contributed by atoms with Gasteiger partial charge in [0.05, 0.1) is 41.2 Å². The molecule has 1 unspecified atom stereocenters. The molecule has 0 spiro atoms. The van der Waals surface area contributed by atoms with Crippen molar-refractivity contribution in [1.82, 2.24) is 14.7 Å². The molecule has 0 amide bonds. The number of nitrogens with two attached hydrogens (primary N) is 1. The molecule has 0 fully saturated rings. The van der Waals surface area contributed by atoms with E-state index in [0.29, 0.717) is 47.3 Å². The van der Waals surface area contributed by atoms with Crippen LogP contribution in [0.2, 0.25) is 0 Å². The van der Waals surface area contributed by atoms with Gasteiger partial charge >= 0.3 is 0 Å². The monoisotopic (exact) mass is 430 g/mol. The molecule has 160 valence electrons. The van der Waals surface area contributed by atoms with E-state index >= 15 is 0 Å². The van der Waals surface area contributed by atoms with Crippen molar-refractivity contribution >= 4 is 34.0 Å². The second-order valence-electron chi connectivity index (χ2n) is 6.83. The number of nitrogen functional groups attached to an aromatic ring is 1. The molecule has 2 aromatic rings. The molecule has 1 atom stereocenters. The van der Waals surface area contributed by atoms with Crippen molar-refractivity contribution in [3.05, 3.63) is 41.7 Å². The Morgan fingerprint density at radius 2 is 2.17 bits per heavy atom. The molecule has 0 saturated carbocycles. The van der Waals surface area contributed by atoms with Crippen LogP contribution in [0.15, 0.2) is 41.1 Å². The normalized spacial score (nSPS) is 14.9. The zero-order valence-corrected chi connectivity index (χ0v) is 18.0. The van der Waals surface area contributed by atoms with Gasteiger partial charge in [0.15, 0.2) is 0 Å². The average molecular weight is 431 g/mol. The molecule has 10 heteroatoms. The molecule has 0 bridgehead atoms. The summed E-state index contributed by atoms with van der Waals surface area (Å²) in [4.78, 5) is 8.95. The van der Waals surface area contributed by atoms with Gasteiger partial charge < -0.3 is 20.5 Å². The van der Waals surface area contributed by atoms with Crippen molar-refractivity contribution in [2.45, 2.75) is 31.3 Å². The Kier molecular flexibility index (Phi) is 7.14. The Morgan fingerprint density at radius 3 is 2.83 bits per heavy atom. The van der Waals surface area contributed by atoms with Crippen molar-refractivity contribution in [2.24, 2.45) is 0 Å². The molecule has 1 aromatic heterocycles. The summed E-state index contributed by atoms with van der Waals surface area (Å²) in [5.74, 6) is 1.15. The van der Waals surface area contributed by atoms with Gasteiger partial charge in [-0.1, -0.05) is 6.08 Å². The molecule has 1 aromatic carbocycles. The summed E-state index contributed by atoms with van der Waals surface area (Å²) in [5.41, 5.74) is 8.17. The lowest BCUT2D eigenvalue weighted by Crippen LogP contribution is -2.17. The number of hydrogen-bond acceptors (Lipinski definition) is 8. The highest BCUT2D eigenvalue weighted by atomic mass is 32.2. The highest BCUT2D eigenvalue weighted by molar-refractivity contribution is 7.83. The van der Waals surface area contributed by atoms with Crippen molar-refractivity contribution < 1.29 is 13.7 Å². The summed E-state index contributed by atoms with van der Waals surface area (Å²) in [6, 6.07) is 5.22. The maximum Gasteiger partial charge on any atom is 0.145 e. The van der Waals surface area contributed by atoms with E-state index in [-0.39, 0.29) is 17.6 Å². The van der Waals surface area contributed by atoms with E-state index in [1.54, 1.807) is 25.2 Å². The van der Waals surface area contributed by atoms with Crippen LogP contribution >= 0.6 is 0 Å². The van der Waals surface area contributed by atoms with Crippen LogP contribution in [-0.2, 0) is 15.7 Å². The molecule has 2 heterocycles. The van der Waals surface area contributed by atoms with Gasteiger partial charge in [0, 0.05) is 0 Å². The Morgan fingerprint density at radius 1 is 1.37 bits per heavy atom. The molecular formula is C20H26N6O3S. The first kappa shape index (κ1) is 21.9. The summed E-state index contributed by atoms with van der Waals surface area (Å²) in [5, 5.41) is 11.9. The zero-order chi connectivity index (χ0) is 21.7. The van der Waals surface area contributed by atoms with Crippen LogP contribution in [-0.4, -0.2) is 46.3 Å². The molecular weight excluding hydrogens is 404 g/mol. The second-order valence-corrected chi connectivity index (χ2v) is 8.25. The molecule has 0 aliphatic carbocycles. The Bertz CT molecular complexity index is 993. The van der Waals surface area contributed by atoms with Crippen LogP contribution in [0.25, 0.3) is 0 Å². The van der Waals surface area contributed by atoms with E-state index in [2.05, 4.69) is 20.0 Å². The summed E-state index contributed by atoms with van der Waals surface area (Å²) < 4.78 is 26.2. The topological polar surface area (TPSA) is 135 Å². The molecule has 0 saturated heterocycles. The molecule has 1 aliphatic rings. The van der Waals surface area contributed by atoms with Gasteiger partial charge in [-0.05, 0) is 51.1 Å². The number of nitrogens with zero attached hydrogens (tertiary/aromatic N) is 2. The number of benzene rings is 1. The lowest BCUT2D eigenvalue weighted by molar-refractivity contribution is 0.156. The van der Waals surface area contributed by atoms with Gasteiger partial charge in [0.25, 0.3) is 0 Å². The highest BCUT2D eigenvalue weighted by Gasteiger charge is 2.21. The van der Waals surface area contributed by atoms with Crippen molar-refractivity contribution in [2.75, 3.05) is 31.3 Å². The fourth-order valence-electron chi connectivity index (χ4n) is 2.98. The fraction of sp³-hybridized carbons (Fsp3) is 0.350. The van der Waals surface area contributed by atoms with Gasteiger partial charge in [-0.25, -0.2) is 18.9 Å². The smallest absolute Gasteiger partial charge is 0.145 e. The van der Waals surface area contributed by atoms with Crippen molar-refractivity contribution in [3.8, 4) is 5.75 Å². The zero-order valence-electron chi connectivity index (χ0n) is 17.2. The number of aromatic nitrogens is 2. The quantitative estimate of drug-likeness (QED) is 0.473. The van der Waals surface area contributed by atoms with Gasteiger partial charge in [0.1, 0.15) is 34.7 Å². The molecule has 30 heavy (non-hydrogen) atoms. The molecule has 3 rings (SSSR count). The standard InChI is InChI=1S/C20H26N6O3S/c1-12(2)29-16-5-4-14(30(27)23-3)10-15(16)26-20-17(19(22)24-11-25-20)18(21)13-6-8-28-9-7-13/h4-6,10-12,21,23H,7-9H2,1-3H3,(H3,22,24,25,26). The maximum absolute atomic E-state index is 12.2. The third-order valence-corrected chi connectivity index (χ3v) is 5.43. The van der Waals surface area contributed by atoms with E-state index in [4.69, 9.17) is 20.6 Å². The van der Waals surface area contributed by atoms with Crippen LogP contribution in [0.3, 0.4) is 0 Å². The first-order valence-corrected chi connectivity index (χ1v) is 10.7. The van der Waals surface area contributed by atoms with E-state index in [0.717, 1.165) is 5.57 Å². The first-order chi connectivity index (χ1) is 14.4. The predicted octanol–water partition coefficient (Wildman–Crippen LogP) is 2.55. The number of hydrogen-bond donors (Lipinski definition) is 4. The molecule has 0 radical (unpaired) electrons. The third-order valence-electron chi connectivity index (χ3n) is 4.38. The largest absolute Gasteiger partial charge is 0.489 e. The Labute approximate surface area is 178 Å². The van der Waals surface area contributed by atoms with Gasteiger partial charge in [-0.2, -0.15) is 0 Å². The number of ether oxygens (including phenoxy) is 2. The highest BCUT2D eigenvalue weighted by Crippen LogP contribution is 2.33. The minimum atomic E-state index is -1.37. The lowest BCUT2D eigenvalue weighted by atomic mass is 9.99. The minimum Gasteiger partial charge on any atom is -0.489 e. The van der Waals surface area contributed by atoms with E-state index in [9.17, 15) is 4.21 Å². The fourth-order valence-corrected chi connectivity index (χ4v) is 3.63. The molecule has 1 aliphatic heterocycles. The van der Waals surface area contributed by atoms with Crippen LogP contribution in [0, 0.1) is 5.41 Å². The number of anilines is 3. The van der Waals surface area contributed by atoms with E-state index in [1.165, 1.54) is 6.33 Å². The first-order valence-electron chi connectivity index (χ1n) is 9.54. The van der Waals surface area contributed by atoms with Crippen LogP contribution in [0.1, 0.15) is 25.8 Å². The van der Waals surface area contributed by atoms with Gasteiger partial charge in [-0.15, -0.1) is 0 Å². The number of rotatable bonds is 8. The lowest BCUT2D eigenvalue weighted by Gasteiger charge is -2.20. The predicted molar refractivity (Wildman–Crippen MR) is 118 cm³/mol. The minimum absolute atomic E-state index is 0.0631. The van der Waals surface area contributed by atoms with E-state index in [1.807, 2.05) is 19.9 Å². The van der Waals surface area contributed by atoms with Crippen LogP contribution in [0.5, 0.6) is 5.75 Å². The number of nitrogens with one attached hydrogen (secondary N) is 3. The van der Waals surface area contributed by atoms with Crippen LogP contribution in [0.4, 0.5) is 17.3 Å². The SMILES string of the molecule is CNS(=O)c1ccc(OC(C)C)c(Nc2ncnc(N)c2C(=N)C2=CCOCC2)c1. The second kappa shape index (κ2) is 9.79. The summed E-state index contributed by atoms with van der Waals surface area (Å²) in [7, 11) is 0.249. The van der Waals surface area contributed by atoms with Gasteiger partial charge in [0.2, 0.25) is 0 Å². The van der Waals surface area contributed by atoms with Crippen LogP contribution < -0.4 is 20.5 Å².